The second kappa shape index (κ2) is 6.52. The highest BCUT2D eigenvalue weighted by Crippen LogP contribution is 2.21. The van der Waals surface area contributed by atoms with Gasteiger partial charge in [-0.25, -0.2) is 4.98 Å². The summed E-state index contributed by atoms with van der Waals surface area (Å²) in [4.78, 5) is 9.06. The highest BCUT2D eigenvalue weighted by atomic mass is 32.1. The number of benzene rings is 1. The van der Waals surface area contributed by atoms with Crippen molar-refractivity contribution >= 4 is 28.4 Å². The van der Waals surface area contributed by atoms with E-state index in [0.29, 0.717) is 17.4 Å². The van der Waals surface area contributed by atoms with Crippen molar-refractivity contribution in [2.24, 2.45) is 0 Å². The van der Waals surface area contributed by atoms with Gasteiger partial charge in [-0.05, 0) is 23.1 Å². The monoisotopic (exact) mass is 348 g/mol. The van der Waals surface area contributed by atoms with Gasteiger partial charge in [0.2, 0.25) is 10.8 Å². The van der Waals surface area contributed by atoms with Gasteiger partial charge in [-0.2, -0.15) is 9.61 Å². The Morgan fingerprint density at radius 2 is 1.88 bits per heavy atom. The molecular formula is C18H16N6S. The largest absolute Gasteiger partial charge is 0.261 e. The lowest BCUT2D eigenvalue weighted by molar-refractivity contribution is 0.866. The fourth-order valence-electron chi connectivity index (χ4n) is 2.43. The van der Waals surface area contributed by atoms with Crippen LogP contribution >= 0.6 is 11.3 Å². The maximum Gasteiger partial charge on any atom is 0.235 e. The smallest absolute Gasteiger partial charge is 0.235 e. The van der Waals surface area contributed by atoms with Crippen LogP contribution in [0.25, 0.3) is 28.6 Å². The summed E-state index contributed by atoms with van der Waals surface area (Å²) in [7, 11) is 0. The number of fused-ring (bicyclic) bond motifs is 1. The Morgan fingerprint density at radius 3 is 2.60 bits per heavy atom. The standard InChI is InChI=1S/C18H16N6S/c1-12(2)14-6-3-13(4-7-14)5-8-16-23-24-17(21-22-18(24)25-16)15-11-19-9-10-20-15/h3-12H,1-2H3/b8-5+. The third kappa shape index (κ3) is 3.18. The fraction of sp³-hybridized carbons (Fsp3) is 0.167. The van der Waals surface area contributed by atoms with Crippen molar-refractivity contribution in [2.45, 2.75) is 19.8 Å². The van der Waals surface area contributed by atoms with Crippen molar-refractivity contribution in [3.63, 3.8) is 0 Å². The third-order valence-corrected chi connectivity index (χ3v) is 4.68. The minimum atomic E-state index is 0.539. The summed E-state index contributed by atoms with van der Waals surface area (Å²) in [5.41, 5.74) is 3.13. The molecule has 124 valence electrons. The van der Waals surface area contributed by atoms with Gasteiger partial charge in [-0.15, -0.1) is 10.2 Å². The molecule has 0 aliphatic rings. The number of nitrogens with zero attached hydrogens (tertiary/aromatic N) is 6. The maximum atomic E-state index is 4.57. The molecule has 0 fully saturated rings. The lowest BCUT2D eigenvalue weighted by atomic mass is 10.0. The molecular weight excluding hydrogens is 332 g/mol. The average Bonchev–Trinajstić information content (AvgIpc) is 3.21. The van der Waals surface area contributed by atoms with E-state index in [1.54, 1.807) is 23.1 Å². The Bertz CT molecular complexity index is 1010. The van der Waals surface area contributed by atoms with E-state index < -0.39 is 0 Å². The van der Waals surface area contributed by atoms with Crippen molar-refractivity contribution in [3.05, 3.63) is 59.0 Å². The number of aromatic nitrogens is 6. The Labute approximate surface area is 148 Å². The molecule has 0 aliphatic heterocycles. The topological polar surface area (TPSA) is 68.9 Å². The van der Waals surface area contributed by atoms with Gasteiger partial charge in [0, 0.05) is 12.4 Å². The van der Waals surface area contributed by atoms with Crippen LogP contribution in [-0.4, -0.2) is 29.8 Å². The molecule has 0 aliphatic carbocycles. The highest BCUT2D eigenvalue weighted by molar-refractivity contribution is 7.17. The molecule has 0 saturated carbocycles. The van der Waals surface area contributed by atoms with Gasteiger partial charge < -0.3 is 0 Å². The van der Waals surface area contributed by atoms with Crippen molar-refractivity contribution in [1.82, 2.24) is 29.8 Å². The fourth-order valence-corrected chi connectivity index (χ4v) is 3.17. The molecule has 0 unspecified atom stereocenters. The molecule has 0 N–H and O–H groups in total. The van der Waals surface area contributed by atoms with Gasteiger partial charge in [0.15, 0.2) is 0 Å². The van der Waals surface area contributed by atoms with Crippen LogP contribution in [-0.2, 0) is 0 Å². The van der Waals surface area contributed by atoms with E-state index in [1.165, 1.54) is 16.9 Å². The van der Waals surface area contributed by atoms with E-state index in [-0.39, 0.29) is 0 Å². The maximum absolute atomic E-state index is 4.57. The normalized spacial score (nSPS) is 11.8. The summed E-state index contributed by atoms with van der Waals surface area (Å²) in [6.07, 6.45) is 8.95. The first-order valence-corrected chi connectivity index (χ1v) is 8.79. The van der Waals surface area contributed by atoms with E-state index in [2.05, 4.69) is 69.5 Å². The summed E-state index contributed by atoms with van der Waals surface area (Å²) < 4.78 is 1.70. The summed E-state index contributed by atoms with van der Waals surface area (Å²) in [6, 6.07) is 8.57. The molecule has 0 spiro atoms. The minimum Gasteiger partial charge on any atom is -0.261 e. The number of hydrogen-bond donors (Lipinski definition) is 0. The van der Waals surface area contributed by atoms with Crippen LogP contribution in [0.3, 0.4) is 0 Å². The van der Waals surface area contributed by atoms with Crippen LogP contribution < -0.4 is 0 Å². The Kier molecular flexibility index (Phi) is 4.07. The van der Waals surface area contributed by atoms with Crippen LogP contribution in [0.1, 0.15) is 35.9 Å². The van der Waals surface area contributed by atoms with Crippen molar-refractivity contribution in [3.8, 4) is 11.5 Å². The van der Waals surface area contributed by atoms with Crippen LogP contribution in [0.4, 0.5) is 0 Å². The van der Waals surface area contributed by atoms with Crippen molar-refractivity contribution in [2.75, 3.05) is 0 Å². The van der Waals surface area contributed by atoms with Crippen LogP contribution in [0.15, 0.2) is 42.9 Å². The Hall–Kier alpha value is -2.93. The predicted octanol–water partition coefficient (Wildman–Crippen LogP) is 3.94. The van der Waals surface area contributed by atoms with Gasteiger partial charge in [0.1, 0.15) is 10.7 Å². The summed E-state index contributed by atoms with van der Waals surface area (Å²) in [6.45, 7) is 4.39. The summed E-state index contributed by atoms with van der Waals surface area (Å²) >= 11 is 1.48. The van der Waals surface area contributed by atoms with Gasteiger partial charge in [-0.3, -0.25) is 4.98 Å². The molecule has 4 rings (SSSR count). The average molecular weight is 348 g/mol. The van der Waals surface area contributed by atoms with Gasteiger partial charge in [-0.1, -0.05) is 55.5 Å². The first-order valence-electron chi connectivity index (χ1n) is 7.97. The highest BCUT2D eigenvalue weighted by Gasteiger charge is 2.13. The molecule has 25 heavy (non-hydrogen) atoms. The zero-order valence-electron chi connectivity index (χ0n) is 13.9. The molecule has 3 heterocycles. The summed E-state index contributed by atoms with van der Waals surface area (Å²) in [5, 5.41) is 13.7. The van der Waals surface area contributed by atoms with E-state index in [1.807, 2.05) is 6.08 Å². The van der Waals surface area contributed by atoms with E-state index in [4.69, 9.17) is 0 Å². The van der Waals surface area contributed by atoms with Crippen molar-refractivity contribution < 1.29 is 0 Å². The molecule has 0 radical (unpaired) electrons. The number of rotatable bonds is 4. The Balaban J connectivity index is 1.61. The molecule has 0 saturated heterocycles. The molecule has 3 aromatic heterocycles. The summed E-state index contributed by atoms with van der Waals surface area (Å²) in [5.74, 6) is 1.14. The SMILES string of the molecule is CC(C)c1ccc(/C=C/c2nn3c(-c4cnccn4)nnc3s2)cc1. The molecule has 6 nitrogen and oxygen atoms in total. The zero-order chi connectivity index (χ0) is 17.2. The second-order valence-corrected chi connectivity index (χ2v) is 6.89. The van der Waals surface area contributed by atoms with E-state index in [9.17, 15) is 0 Å². The molecule has 7 heteroatoms. The quantitative estimate of drug-likeness (QED) is 0.559. The van der Waals surface area contributed by atoms with Gasteiger partial charge >= 0.3 is 0 Å². The second-order valence-electron chi connectivity index (χ2n) is 5.90. The third-order valence-electron chi connectivity index (χ3n) is 3.82. The molecule has 0 bridgehead atoms. The van der Waals surface area contributed by atoms with Gasteiger partial charge in [0.25, 0.3) is 0 Å². The molecule has 0 atom stereocenters. The lowest BCUT2D eigenvalue weighted by Gasteiger charge is -2.04. The number of hydrogen-bond acceptors (Lipinski definition) is 6. The van der Waals surface area contributed by atoms with E-state index in [0.717, 1.165) is 15.5 Å². The van der Waals surface area contributed by atoms with Crippen LogP contribution in [0.5, 0.6) is 0 Å². The zero-order valence-corrected chi connectivity index (χ0v) is 14.7. The van der Waals surface area contributed by atoms with Gasteiger partial charge in [0.05, 0.1) is 6.20 Å². The molecule has 0 amide bonds. The Morgan fingerprint density at radius 1 is 1.04 bits per heavy atom. The first-order chi connectivity index (χ1) is 12.2. The minimum absolute atomic E-state index is 0.539. The van der Waals surface area contributed by atoms with Crippen molar-refractivity contribution in [1.29, 1.82) is 0 Å². The lowest BCUT2D eigenvalue weighted by Crippen LogP contribution is -1.93. The van der Waals surface area contributed by atoms with Crippen LogP contribution in [0.2, 0.25) is 0 Å². The first kappa shape index (κ1) is 15.6. The van der Waals surface area contributed by atoms with E-state index >= 15 is 0 Å². The predicted molar refractivity (Wildman–Crippen MR) is 99.1 cm³/mol. The molecule has 4 aromatic rings. The van der Waals surface area contributed by atoms with Crippen LogP contribution in [0, 0.1) is 0 Å². The molecule has 1 aromatic carbocycles.